The molecule has 9 heteroatoms. The van der Waals surface area contributed by atoms with E-state index in [9.17, 15) is 4.79 Å². The number of amides is 1. The second-order valence-electron chi connectivity index (χ2n) is 5.04. The van der Waals surface area contributed by atoms with Gasteiger partial charge in [0.1, 0.15) is 6.04 Å². The Labute approximate surface area is 137 Å². The van der Waals surface area contributed by atoms with Gasteiger partial charge in [0.15, 0.2) is 0 Å². The average Bonchev–Trinajstić information content (AvgIpc) is 3.17. The molecule has 120 valence electrons. The first-order chi connectivity index (χ1) is 11.2. The molecule has 0 aliphatic heterocycles. The van der Waals surface area contributed by atoms with Crippen LogP contribution in [0, 0.1) is 0 Å². The number of nitrogens with one attached hydrogen (secondary N) is 1. The maximum Gasteiger partial charge on any atom is 0.242 e. The topological polar surface area (TPSA) is 90.5 Å². The van der Waals surface area contributed by atoms with E-state index in [0.29, 0.717) is 12.3 Å². The van der Waals surface area contributed by atoms with Crippen molar-refractivity contribution in [3.63, 3.8) is 0 Å². The molecule has 0 aliphatic carbocycles. The molecule has 0 unspecified atom stereocenters. The van der Waals surface area contributed by atoms with Crippen molar-refractivity contribution >= 4 is 28.7 Å². The maximum atomic E-state index is 12.3. The zero-order chi connectivity index (χ0) is 16.2. The number of rotatable bonds is 6. The number of thioether (sulfide) groups is 1. The van der Waals surface area contributed by atoms with Crippen molar-refractivity contribution in [1.29, 1.82) is 0 Å². The zero-order valence-corrected chi connectivity index (χ0v) is 13.7. The molecule has 1 aromatic carbocycles. The Morgan fingerprint density at radius 2 is 2.22 bits per heavy atom. The Kier molecular flexibility index (Phi) is 4.56. The van der Waals surface area contributed by atoms with Crippen LogP contribution in [0.25, 0.3) is 11.0 Å². The zero-order valence-electron chi connectivity index (χ0n) is 12.9. The lowest BCUT2D eigenvalue weighted by molar-refractivity contribution is -0.123. The number of imidazole rings is 1. The van der Waals surface area contributed by atoms with Crippen LogP contribution in [-0.4, -0.2) is 48.0 Å². The Morgan fingerprint density at radius 3 is 3.00 bits per heavy atom. The van der Waals surface area contributed by atoms with Gasteiger partial charge in [-0.05, 0) is 29.5 Å². The molecule has 2 aromatic heterocycles. The predicted molar refractivity (Wildman–Crippen MR) is 87.0 cm³/mol. The third-order valence-electron chi connectivity index (χ3n) is 3.49. The molecule has 3 aromatic rings. The van der Waals surface area contributed by atoms with Crippen LogP contribution >= 0.6 is 11.8 Å². The van der Waals surface area contributed by atoms with Crippen LogP contribution in [0.1, 0.15) is 13.0 Å². The summed E-state index contributed by atoms with van der Waals surface area (Å²) < 4.78 is 3.48. The van der Waals surface area contributed by atoms with Gasteiger partial charge < -0.3 is 9.88 Å². The second kappa shape index (κ2) is 6.78. The molecular formula is C14H17N7OS. The van der Waals surface area contributed by atoms with Gasteiger partial charge in [0.25, 0.3) is 0 Å². The molecule has 1 atom stereocenters. The fourth-order valence-corrected chi connectivity index (χ4v) is 2.93. The van der Waals surface area contributed by atoms with E-state index in [4.69, 9.17) is 0 Å². The Bertz CT molecular complexity index is 812. The fourth-order valence-electron chi connectivity index (χ4n) is 2.22. The number of benzene rings is 1. The summed E-state index contributed by atoms with van der Waals surface area (Å²) in [5, 5.41) is 14.9. The fraction of sp³-hybridized carbons (Fsp3) is 0.357. The average molecular weight is 331 g/mol. The lowest BCUT2D eigenvalue weighted by Crippen LogP contribution is -2.32. The van der Waals surface area contributed by atoms with Crippen LogP contribution in [0.4, 0.5) is 0 Å². The van der Waals surface area contributed by atoms with Crippen molar-refractivity contribution in [1.82, 2.24) is 35.1 Å². The number of hydrogen-bond donors (Lipinski definition) is 1. The minimum Gasteiger partial charge on any atom is -0.353 e. The van der Waals surface area contributed by atoms with Crippen molar-refractivity contribution in [2.24, 2.45) is 7.05 Å². The number of carbonyl (C=O) groups is 1. The van der Waals surface area contributed by atoms with Crippen LogP contribution in [0.5, 0.6) is 0 Å². The van der Waals surface area contributed by atoms with E-state index in [2.05, 4.69) is 25.8 Å². The highest BCUT2D eigenvalue weighted by atomic mass is 32.2. The molecule has 2 heterocycles. The smallest absolute Gasteiger partial charge is 0.242 e. The molecule has 0 bridgehead atoms. The highest BCUT2D eigenvalue weighted by Gasteiger charge is 2.16. The number of carbonyl (C=O) groups excluding carboxylic acids is 1. The third kappa shape index (κ3) is 3.34. The van der Waals surface area contributed by atoms with Crippen molar-refractivity contribution in [2.45, 2.75) is 18.1 Å². The summed E-state index contributed by atoms with van der Waals surface area (Å²) in [5.41, 5.74) is 1.84. The first-order valence-electron chi connectivity index (χ1n) is 7.21. The first kappa shape index (κ1) is 15.5. The van der Waals surface area contributed by atoms with Crippen molar-refractivity contribution in [3.8, 4) is 0 Å². The highest BCUT2D eigenvalue weighted by Crippen LogP contribution is 2.17. The van der Waals surface area contributed by atoms with E-state index in [-0.39, 0.29) is 11.9 Å². The number of nitrogens with zero attached hydrogens (tertiary/aromatic N) is 6. The van der Waals surface area contributed by atoms with Crippen molar-refractivity contribution in [2.75, 3.05) is 12.3 Å². The van der Waals surface area contributed by atoms with Gasteiger partial charge in [0, 0.05) is 19.3 Å². The molecular weight excluding hydrogens is 314 g/mol. The molecule has 0 radical (unpaired) electrons. The molecule has 8 nitrogen and oxygen atoms in total. The molecule has 1 amide bonds. The Balaban J connectivity index is 1.54. The molecule has 0 aliphatic rings. The summed E-state index contributed by atoms with van der Waals surface area (Å²) in [6, 6.07) is 7.45. The highest BCUT2D eigenvalue weighted by molar-refractivity contribution is 7.99. The Morgan fingerprint density at radius 1 is 1.39 bits per heavy atom. The number of para-hydroxylation sites is 2. The van der Waals surface area contributed by atoms with E-state index >= 15 is 0 Å². The SMILES string of the molecule is C[C@@H](C(=O)NCCSc1nnnn1C)n1cnc2ccccc21. The second-order valence-corrected chi connectivity index (χ2v) is 6.10. The van der Waals surface area contributed by atoms with Gasteiger partial charge in [-0.3, -0.25) is 4.79 Å². The molecule has 0 saturated heterocycles. The van der Waals surface area contributed by atoms with Crippen LogP contribution in [0.2, 0.25) is 0 Å². The van der Waals surface area contributed by atoms with E-state index in [1.54, 1.807) is 18.1 Å². The van der Waals surface area contributed by atoms with Gasteiger partial charge in [0.2, 0.25) is 11.1 Å². The normalized spacial score (nSPS) is 12.4. The maximum absolute atomic E-state index is 12.3. The Hall–Kier alpha value is -2.42. The summed E-state index contributed by atoms with van der Waals surface area (Å²) in [5.74, 6) is 0.669. The minimum absolute atomic E-state index is 0.0372. The molecule has 0 saturated carbocycles. The number of aromatic nitrogens is 6. The molecule has 1 N–H and O–H groups in total. The third-order valence-corrected chi connectivity index (χ3v) is 4.50. The van der Waals surface area contributed by atoms with E-state index in [1.807, 2.05) is 35.8 Å². The van der Waals surface area contributed by atoms with E-state index in [1.165, 1.54) is 11.8 Å². The lowest BCUT2D eigenvalue weighted by Gasteiger charge is -2.14. The monoisotopic (exact) mass is 331 g/mol. The molecule has 0 fully saturated rings. The number of hydrogen-bond acceptors (Lipinski definition) is 6. The number of aryl methyl sites for hydroxylation is 1. The van der Waals surface area contributed by atoms with Crippen molar-refractivity contribution in [3.05, 3.63) is 30.6 Å². The van der Waals surface area contributed by atoms with E-state index < -0.39 is 0 Å². The quantitative estimate of drug-likeness (QED) is 0.536. The molecule has 3 rings (SSSR count). The predicted octanol–water partition coefficient (Wildman–Crippen LogP) is 1.03. The number of tetrazole rings is 1. The van der Waals surface area contributed by atoms with Crippen LogP contribution in [0.15, 0.2) is 35.7 Å². The lowest BCUT2D eigenvalue weighted by atomic mass is 10.2. The molecule has 0 spiro atoms. The van der Waals surface area contributed by atoms with Crippen LogP contribution in [0.3, 0.4) is 0 Å². The molecule has 23 heavy (non-hydrogen) atoms. The van der Waals surface area contributed by atoms with Crippen molar-refractivity contribution < 1.29 is 4.79 Å². The summed E-state index contributed by atoms with van der Waals surface area (Å²) in [4.78, 5) is 16.6. The van der Waals surface area contributed by atoms with E-state index in [0.717, 1.165) is 16.2 Å². The van der Waals surface area contributed by atoms with Crippen LogP contribution in [-0.2, 0) is 11.8 Å². The number of fused-ring (bicyclic) bond motifs is 1. The van der Waals surface area contributed by atoms with Crippen LogP contribution < -0.4 is 5.32 Å². The summed E-state index contributed by atoms with van der Waals surface area (Å²) >= 11 is 1.50. The largest absolute Gasteiger partial charge is 0.353 e. The van der Waals surface area contributed by atoms with Gasteiger partial charge in [-0.25, -0.2) is 9.67 Å². The standard InChI is InChI=1S/C14H17N7OS/c1-10(21-9-16-11-5-3-4-6-12(11)21)13(22)15-7-8-23-14-17-18-19-20(14)2/h3-6,9-10H,7-8H2,1-2H3,(H,15,22)/t10-/m0/s1. The van der Waals surface area contributed by atoms with Gasteiger partial charge in [0.05, 0.1) is 17.4 Å². The summed E-state index contributed by atoms with van der Waals surface area (Å²) in [7, 11) is 1.78. The summed E-state index contributed by atoms with van der Waals surface area (Å²) in [6.45, 7) is 2.41. The van der Waals surface area contributed by atoms with Gasteiger partial charge in [-0.15, -0.1) is 5.10 Å². The van der Waals surface area contributed by atoms with Gasteiger partial charge >= 0.3 is 0 Å². The van der Waals surface area contributed by atoms with Gasteiger partial charge in [-0.2, -0.15) is 0 Å². The van der Waals surface area contributed by atoms with Gasteiger partial charge in [-0.1, -0.05) is 23.9 Å². The summed E-state index contributed by atoms with van der Waals surface area (Å²) in [6.07, 6.45) is 1.70. The first-order valence-corrected chi connectivity index (χ1v) is 8.20. The minimum atomic E-state index is -0.316.